The first-order valence-corrected chi connectivity index (χ1v) is 11.6. The fourth-order valence-corrected chi connectivity index (χ4v) is 4.46. The smallest absolute Gasteiger partial charge is 0.257 e. The molecule has 0 atom stereocenters. The summed E-state index contributed by atoms with van der Waals surface area (Å²) in [7, 11) is -3.48. The minimum Gasteiger partial charge on any atom is -0.490 e. The molecule has 158 valence electrons. The van der Waals surface area contributed by atoms with Crippen molar-refractivity contribution in [2.45, 2.75) is 37.8 Å². The Hall–Kier alpha value is -2.87. The van der Waals surface area contributed by atoms with Crippen molar-refractivity contribution in [3.05, 3.63) is 59.0 Å². The number of ether oxygens (including phenoxy) is 1. The number of fused-ring (bicyclic) bond motifs is 3. The normalized spacial score (nSPS) is 14.2. The summed E-state index contributed by atoms with van der Waals surface area (Å²) in [4.78, 5) is 18.2. The summed E-state index contributed by atoms with van der Waals surface area (Å²) in [6, 6.07) is 9.23. The fraction of sp³-hybridized carbons (Fsp3) is 0.318. The molecule has 1 aromatic heterocycles. The molecule has 3 aromatic rings. The van der Waals surface area contributed by atoms with Gasteiger partial charge in [0, 0.05) is 42.4 Å². The van der Waals surface area contributed by atoms with E-state index in [0.717, 1.165) is 22.9 Å². The van der Waals surface area contributed by atoms with E-state index in [0.29, 0.717) is 30.8 Å². The lowest BCUT2D eigenvalue weighted by molar-refractivity contribution is 0.0728. The van der Waals surface area contributed by atoms with Crippen molar-refractivity contribution in [1.82, 2.24) is 9.88 Å². The van der Waals surface area contributed by atoms with Crippen LogP contribution in [0.4, 0.5) is 4.39 Å². The molecule has 0 aliphatic carbocycles. The third kappa shape index (κ3) is 3.67. The van der Waals surface area contributed by atoms with E-state index in [1.54, 1.807) is 11.0 Å². The summed E-state index contributed by atoms with van der Waals surface area (Å²) in [6.45, 7) is 4.42. The number of halogens is 1. The number of H-pyrrole nitrogens is 1. The van der Waals surface area contributed by atoms with Crippen LogP contribution in [0.25, 0.3) is 10.9 Å². The number of amides is 1. The zero-order chi connectivity index (χ0) is 21.6. The zero-order valence-corrected chi connectivity index (χ0v) is 17.8. The van der Waals surface area contributed by atoms with Crippen LogP contribution in [-0.4, -0.2) is 43.1 Å². The maximum atomic E-state index is 14.1. The summed E-state index contributed by atoms with van der Waals surface area (Å²) < 4.78 is 43.9. The van der Waals surface area contributed by atoms with E-state index in [4.69, 9.17) is 4.74 Å². The second-order valence-corrected chi connectivity index (χ2v) is 9.83. The summed E-state index contributed by atoms with van der Waals surface area (Å²) in [5.41, 5.74) is 2.46. The van der Waals surface area contributed by atoms with Crippen LogP contribution in [0.1, 0.15) is 35.5 Å². The highest BCUT2D eigenvalue weighted by atomic mass is 32.2. The molecule has 1 aliphatic rings. The molecule has 0 radical (unpaired) electrons. The quantitative estimate of drug-likeness (QED) is 0.685. The molecular formula is C22H23FN2O4S. The standard InChI is InChI=1S/C22H23FN2O4S/c1-13(2)29-20-8-7-14(30(3,27)28)11-16(20)22(26)25-10-9-19-17(12-25)15-5-4-6-18(23)21(15)24-19/h4-8,11,13,24H,9-10,12H2,1-3H3. The third-order valence-electron chi connectivity index (χ3n) is 5.22. The summed E-state index contributed by atoms with van der Waals surface area (Å²) >= 11 is 0. The van der Waals surface area contributed by atoms with Crippen LogP contribution in [0, 0.1) is 5.82 Å². The predicted octanol–water partition coefficient (Wildman–Crippen LogP) is 3.70. The summed E-state index contributed by atoms with van der Waals surface area (Å²) in [5, 5.41) is 0.756. The van der Waals surface area contributed by atoms with Gasteiger partial charge >= 0.3 is 0 Å². The SMILES string of the molecule is CC(C)Oc1ccc(S(C)(=O)=O)cc1C(=O)N1CCc2[nH]c3c(F)cccc3c2C1. The maximum absolute atomic E-state index is 14.1. The molecule has 0 unspecified atom stereocenters. The van der Waals surface area contributed by atoms with Crippen molar-refractivity contribution >= 4 is 26.6 Å². The molecule has 2 heterocycles. The monoisotopic (exact) mass is 430 g/mol. The van der Waals surface area contributed by atoms with Gasteiger partial charge in [-0.15, -0.1) is 0 Å². The number of carbonyl (C=O) groups excluding carboxylic acids is 1. The van der Waals surface area contributed by atoms with Crippen molar-refractivity contribution in [2.24, 2.45) is 0 Å². The van der Waals surface area contributed by atoms with E-state index in [1.807, 2.05) is 19.9 Å². The summed E-state index contributed by atoms with van der Waals surface area (Å²) in [5.74, 6) is -0.293. The largest absolute Gasteiger partial charge is 0.490 e. The Balaban J connectivity index is 1.73. The minimum absolute atomic E-state index is 0.0637. The molecule has 30 heavy (non-hydrogen) atoms. The average Bonchev–Trinajstić information content (AvgIpc) is 3.06. The summed E-state index contributed by atoms with van der Waals surface area (Å²) in [6.07, 6.45) is 1.49. The Morgan fingerprint density at radius 3 is 2.70 bits per heavy atom. The highest BCUT2D eigenvalue weighted by Gasteiger charge is 2.28. The molecule has 1 amide bonds. The second kappa shape index (κ2) is 7.43. The van der Waals surface area contributed by atoms with Crippen LogP contribution >= 0.6 is 0 Å². The lowest BCUT2D eigenvalue weighted by atomic mass is 10.0. The molecule has 0 spiro atoms. The Kier molecular flexibility index (Phi) is 5.05. The second-order valence-electron chi connectivity index (χ2n) is 7.82. The van der Waals surface area contributed by atoms with Crippen LogP contribution in [0.5, 0.6) is 5.75 Å². The van der Waals surface area contributed by atoms with E-state index in [2.05, 4.69) is 4.98 Å². The van der Waals surface area contributed by atoms with Gasteiger partial charge in [-0.3, -0.25) is 4.79 Å². The van der Waals surface area contributed by atoms with Gasteiger partial charge in [0.25, 0.3) is 5.91 Å². The van der Waals surface area contributed by atoms with Gasteiger partial charge in [-0.05, 0) is 38.1 Å². The molecule has 6 nitrogen and oxygen atoms in total. The number of carbonyl (C=O) groups is 1. The van der Waals surface area contributed by atoms with Crippen molar-refractivity contribution in [3.63, 3.8) is 0 Å². The van der Waals surface area contributed by atoms with Crippen LogP contribution in [0.2, 0.25) is 0 Å². The van der Waals surface area contributed by atoms with Gasteiger partial charge in [-0.25, -0.2) is 12.8 Å². The van der Waals surface area contributed by atoms with Crippen molar-refractivity contribution in [2.75, 3.05) is 12.8 Å². The van der Waals surface area contributed by atoms with Gasteiger partial charge in [0.15, 0.2) is 9.84 Å². The fourth-order valence-electron chi connectivity index (χ4n) is 3.81. The number of para-hydroxylation sites is 1. The number of nitrogens with zero attached hydrogens (tertiary/aromatic N) is 1. The number of aromatic nitrogens is 1. The van der Waals surface area contributed by atoms with Crippen LogP contribution < -0.4 is 4.74 Å². The van der Waals surface area contributed by atoms with Crippen LogP contribution in [-0.2, 0) is 22.8 Å². The van der Waals surface area contributed by atoms with Gasteiger partial charge in [0.1, 0.15) is 11.6 Å². The van der Waals surface area contributed by atoms with Crippen molar-refractivity contribution in [1.29, 1.82) is 0 Å². The van der Waals surface area contributed by atoms with Gasteiger partial charge in [-0.2, -0.15) is 0 Å². The van der Waals surface area contributed by atoms with E-state index in [1.165, 1.54) is 24.3 Å². The highest BCUT2D eigenvalue weighted by Crippen LogP contribution is 2.31. The van der Waals surface area contributed by atoms with Gasteiger partial charge in [0.2, 0.25) is 0 Å². The highest BCUT2D eigenvalue weighted by molar-refractivity contribution is 7.90. The Morgan fingerprint density at radius 1 is 1.23 bits per heavy atom. The Morgan fingerprint density at radius 2 is 2.00 bits per heavy atom. The molecule has 0 saturated carbocycles. The molecule has 1 N–H and O–H groups in total. The molecule has 8 heteroatoms. The van der Waals surface area contributed by atoms with E-state index in [-0.39, 0.29) is 28.3 Å². The number of sulfone groups is 1. The zero-order valence-electron chi connectivity index (χ0n) is 17.0. The number of benzene rings is 2. The molecule has 1 aliphatic heterocycles. The lowest BCUT2D eigenvalue weighted by Gasteiger charge is -2.28. The molecule has 0 bridgehead atoms. The molecular weight excluding hydrogens is 407 g/mol. The molecule has 0 saturated heterocycles. The number of rotatable bonds is 4. The Labute approximate surface area is 174 Å². The predicted molar refractivity (Wildman–Crippen MR) is 112 cm³/mol. The lowest BCUT2D eigenvalue weighted by Crippen LogP contribution is -2.36. The number of hydrogen-bond acceptors (Lipinski definition) is 4. The van der Waals surface area contributed by atoms with E-state index >= 15 is 0 Å². The van der Waals surface area contributed by atoms with Crippen LogP contribution in [0.3, 0.4) is 0 Å². The third-order valence-corrected chi connectivity index (χ3v) is 6.33. The molecule has 0 fully saturated rings. The van der Waals surface area contributed by atoms with E-state index in [9.17, 15) is 17.6 Å². The number of nitrogens with one attached hydrogen (secondary N) is 1. The number of hydrogen-bond donors (Lipinski definition) is 1. The maximum Gasteiger partial charge on any atom is 0.257 e. The average molecular weight is 431 g/mol. The minimum atomic E-state index is -3.48. The van der Waals surface area contributed by atoms with E-state index < -0.39 is 9.84 Å². The van der Waals surface area contributed by atoms with Gasteiger partial charge in [-0.1, -0.05) is 12.1 Å². The van der Waals surface area contributed by atoms with Crippen molar-refractivity contribution < 1.29 is 22.3 Å². The first kappa shape index (κ1) is 20.4. The topological polar surface area (TPSA) is 79.5 Å². The van der Waals surface area contributed by atoms with Crippen LogP contribution in [0.15, 0.2) is 41.3 Å². The molecule has 2 aromatic carbocycles. The van der Waals surface area contributed by atoms with Crippen molar-refractivity contribution in [3.8, 4) is 5.75 Å². The first-order valence-electron chi connectivity index (χ1n) is 9.73. The first-order chi connectivity index (χ1) is 14.1. The van der Waals surface area contributed by atoms with Gasteiger partial charge in [0.05, 0.1) is 22.1 Å². The molecule has 4 rings (SSSR count). The number of aromatic amines is 1. The van der Waals surface area contributed by atoms with Gasteiger partial charge < -0.3 is 14.6 Å². The Bertz CT molecular complexity index is 1250.